The van der Waals surface area contributed by atoms with Crippen molar-refractivity contribution in [2.24, 2.45) is 5.73 Å². The van der Waals surface area contributed by atoms with Gasteiger partial charge in [0.25, 0.3) is 0 Å². The van der Waals surface area contributed by atoms with Crippen molar-refractivity contribution in [3.63, 3.8) is 0 Å². The molecule has 0 aliphatic rings. The predicted octanol–water partition coefficient (Wildman–Crippen LogP) is 3.16. The first-order chi connectivity index (χ1) is 9.92. The molecule has 1 heterocycles. The lowest BCUT2D eigenvalue weighted by atomic mass is 10.2. The standard InChI is InChI=1S/C14H11F3N2O2/c15-14(16,17)12-5-10(7-18)6-13(19-12)21-11-3-1-2-9(4-11)8-20/h1-6,8H,7,18H2. The third-order valence-corrected chi connectivity index (χ3v) is 2.60. The summed E-state index contributed by atoms with van der Waals surface area (Å²) in [5.41, 5.74) is 4.89. The normalized spacial score (nSPS) is 11.2. The summed E-state index contributed by atoms with van der Waals surface area (Å²) >= 11 is 0. The van der Waals surface area contributed by atoms with Crippen LogP contribution in [0, 0.1) is 0 Å². The molecule has 21 heavy (non-hydrogen) atoms. The molecule has 7 heteroatoms. The van der Waals surface area contributed by atoms with Gasteiger partial charge in [0.15, 0.2) is 0 Å². The number of halogens is 3. The highest BCUT2D eigenvalue weighted by Gasteiger charge is 2.33. The van der Waals surface area contributed by atoms with Crippen LogP contribution in [-0.4, -0.2) is 11.3 Å². The quantitative estimate of drug-likeness (QED) is 0.880. The fourth-order valence-corrected chi connectivity index (χ4v) is 1.65. The van der Waals surface area contributed by atoms with Crippen molar-refractivity contribution in [3.8, 4) is 11.6 Å². The molecule has 4 nitrogen and oxygen atoms in total. The summed E-state index contributed by atoms with van der Waals surface area (Å²) in [7, 11) is 0. The van der Waals surface area contributed by atoms with Crippen LogP contribution in [0.2, 0.25) is 0 Å². The highest BCUT2D eigenvalue weighted by molar-refractivity contribution is 5.75. The van der Waals surface area contributed by atoms with Crippen molar-refractivity contribution < 1.29 is 22.7 Å². The summed E-state index contributed by atoms with van der Waals surface area (Å²) in [5.74, 6) is -0.0114. The molecule has 0 radical (unpaired) electrons. The van der Waals surface area contributed by atoms with Crippen LogP contribution in [0.4, 0.5) is 13.2 Å². The van der Waals surface area contributed by atoms with E-state index in [4.69, 9.17) is 10.5 Å². The number of carbonyl (C=O) groups is 1. The monoisotopic (exact) mass is 296 g/mol. The zero-order valence-electron chi connectivity index (χ0n) is 10.7. The van der Waals surface area contributed by atoms with E-state index in [1.807, 2.05) is 0 Å². The lowest BCUT2D eigenvalue weighted by Crippen LogP contribution is -2.10. The van der Waals surface area contributed by atoms with E-state index in [0.717, 1.165) is 6.07 Å². The number of alkyl halides is 3. The Morgan fingerprint density at radius 2 is 2.00 bits per heavy atom. The Bertz CT molecular complexity index is 657. The summed E-state index contributed by atoms with van der Waals surface area (Å²) in [6.45, 7) is -0.0731. The Hall–Kier alpha value is -2.41. The molecule has 0 saturated carbocycles. The Balaban J connectivity index is 2.36. The second kappa shape index (κ2) is 5.92. The zero-order valence-corrected chi connectivity index (χ0v) is 10.7. The number of benzene rings is 1. The van der Waals surface area contributed by atoms with Crippen LogP contribution >= 0.6 is 0 Å². The molecule has 0 bridgehead atoms. The molecule has 0 saturated heterocycles. The fraction of sp³-hybridized carbons (Fsp3) is 0.143. The number of hydrogen-bond donors (Lipinski definition) is 1. The van der Waals surface area contributed by atoms with Crippen LogP contribution in [0.1, 0.15) is 21.6 Å². The predicted molar refractivity (Wildman–Crippen MR) is 69.0 cm³/mol. The summed E-state index contributed by atoms with van der Waals surface area (Å²) < 4.78 is 43.5. The number of hydrogen-bond acceptors (Lipinski definition) is 4. The molecule has 2 N–H and O–H groups in total. The Kier molecular flexibility index (Phi) is 4.23. The first-order valence-corrected chi connectivity index (χ1v) is 5.93. The molecule has 1 aromatic carbocycles. The lowest BCUT2D eigenvalue weighted by molar-refractivity contribution is -0.141. The third-order valence-electron chi connectivity index (χ3n) is 2.60. The lowest BCUT2D eigenvalue weighted by Gasteiger charge is -2.11. The van der Waals surface area contributed by atoms with Crippen LogP contribution in [0.5, 0.6) is 11.6 Å². The highest BCUT2D eigenvalue weighted by atomic mass is 19.4. The van der Waals surface area contributed by atoms with Gasteiger partial charge in [-0.15, -0.1) is 0 Å². The number of carbonyl (C=O) groups excluding carboxylic acids is 1. The van der Waals surface area contributed by atoms with Gasteiger partial charge in [0.1, 0.15) is 17.7 Å². The molecule has 0 spiro atoms. The van der Waals surface area contributed by atoms with Gasteiger partial charge in [-0.25, -0.2) is 4.98 Å². The van der Waals surface area contributed by atoms with Gasteiger partial charge in [-0.1, -0.05) is 12.1 Å². The van der Waals surface area contributed by atoms with Crippen LogP contribution in [-0.2, 0) is 12.7 Å². The van der Waals surface area contributed by atoms with Crippen molar-refractivity contribution in [3.05, 3.63) is 53.2 Å². The van der Waals surface area contributed by atoms with Crippen LogP contribution in [0.25, 0.3) is 0 Å². The zero-order chi connectivity index (χ0) is 15.5. The van der Waals surface area contributed by atoms with Gasteiger partial charge in [-0.2, -0.15) is 13.2 Å². The second-order valence-electron chi connectivity index (χ2n) is 4.19. The maximum atomic E-state index is 12.7. The molecule has 0 aliphatic carbocycles. The van der Waals surface area contributed by atoms with Gasteiger partial charge in [-0.3, -0.25) is 4.79 Å². The van der Waals surface area contributed by atoms with Gasteiger partial charge >= 0.3 is 6.18 Å². The third kappa shape index (κ3) is 3.79. The average Bonchev–Trinajstić information content (AvgIpc) is 2.46. The number of rotatable bonds is 4. The van der Waals surface area contributed by atoms with E-state index < -0.39 is 11.9 Å². The summed E-state index contributed by atoms with van der Waals surface area (Å²) in [6, 6.07) is 8.20. The van der Waals surface area contributed by atoms with E-state index in [2.05, 4.69) is 4.98 Å². The molecule has 0 fully saturated rings. The number of aromatic nitrogens is 1. The Morgan fingerprint density at radius 1 is 1.24 bits per heavy atom. The number of pyridine rings is 1. The van der Waals surface area contributed by atoms with Crippen LogP contribution < -0.4 is 10.5 Å². The first kappa shape index (κ1) is 15.0. The van der Waals surface area contributed by atoms with E-state index in [1.54, 1.807) is 12.1 Å². The van der Waals surface area contributed by atoms with Gasteiger partial charge in [-0.05, 0) is 23.8 Å². The molecule has 0 unspecified atom stereocenters. The van der Waals surface area contributed by atoms with Gasteiger partial charge in [0, 0.05) is 18.2 Å². The second-order valence-corrected chi connectivity index (χ2v) is 4.19. The first-order valence-electron chi connectivity index (χ1n) is 5.93. The number of nitrogens with two attached hydrogens (primary N) is 1. The van der Waals surface area contributed by atoms with Gasteiger partial charge in [0.05, 0.1) is 0 Å². The van der Waals surface area contributed by atoms with Crippen LogP contribution in [0.15, 0.2) is 36.4 Å². The van der Waals surface area contributed by atoms with E-state index in [1.165, 1.54) is 18.2 Å². The molecule has 110 valence electrons. The maximum absolute atomic E-state index is 12.7. The van der Waals surface area contributed by atoms with Crippen molar-refractivity contribution >= 4 is 6.29 Å². The summed E-state index contributed by atoms with van der Waals surface area (Å²) in [4.78, 5) is 14.1. The molecule has 0 aliphatic heterocycles. The average molecular weight is 296 g/mol. The Labute approximate surface area is 118 Å². The van der Waals surface area contributed by atoms with Crippen molar-refractivity contribution in [1.29, 1.82) is 0 Å². The molecule has 2 rings (SSSR count). The van der Waals surface area contributed by atoms with Gasteiger partial charge in [0.2, 0.25) is 5.88 Å². The topological polar surface area (TPSA) is 65.2 Å². The minimum absolute atomic E-state index is 0.0731. The number of ether oxygens (including phenoxy) is 1. The van der Waals surface area contributed by atoms with Gasteiger partial charge < -0.3 is 10.5 Å². The molecule has 0 amide bonds. The molecular weight excluding hydrogens is 285 g/mol. The minimum atomic E-state index is -4.59. The SMILES string of the molecule is NCc1cc(Oc2cccc(C=O)c2)nc(C(F)(F)F)c1. The molecular formula is C14H11F3N2O2. The molecule has 1 aromatic heterocycles. The fourth-order valence-electron chi connectivity index (χ4n) is 1.65. The number of nitrogens with zero attached hydrogens (tertiary/aromatic N) is 1. The van der Waals surface area contributed by atoms with E-state index >= 15 is 0 Å². The van der Waals surface area contributed by atoms with E-state index in [-0.39, 0.29) is 23.7 Å². The van der Waals surface area contributed by atoms with Crippen LogP contribution in [0.3, 0.4) is 0 Å². The van der Waals surface area contributed by atoms with E-state index in [0.29, 0.717) is 11.8 Å². The largest absolute Gasteiger partial charge is 0.439 e. The highest BCUT2D eigenvalue weighted by Crippen LogP contribution is 2.31. The summed E-state index contributed by atoms with van der Waals surface area (Å²) in [6.07, 6.45) is -3.98. The summed E-state index contributed by atoms with van der Waals surface area (Å²) in [5, 5.41) is 0. The van der Waals surface area contributed by atoms with Crippen molar-refractivity contribution in [2.75, 3.05) is 0 Å². The number of aldehydes is 1. The smallest absolute Gasteiger partial charge is 0.433 e. The minimum Gasteiger partial charge on any atom is -0.439 e. The molecule has 0 atom stereocenters. The Morgan fingerprint density at radius 3 is 2.62 bits per heavy atom. The van der Waals surface area contributed by atoms with E-state index in [9.17, 15) is 18.0 Å². The molecule has 2 aromatic rings. The van der Waals surface area contributed by atoms with Crippen molar-refractivity contribution in [2.45, 2.75) is 12.7 Å². The maximum Gasteiger partial charge on any atom is 0.433 e. The van der Waals surface area contributed by atoms with Crippen molar-refractivity contribution in [1.82, 2.24) is 4.98 Å².